The number of halogens is 1. The van der Waals surface area contributed by atoms with Gasteiger partial charge in [-0.2, -0.15) is 4.98 Å². The molecule has 1 fully saturated rings. The zero-order chi connectivity index (χ0) is 20.4. The van der Waals surface area contributed by atoms with Crippen LogP contribution in [0.1, 0.15) is 23.8 Å². The lowest BCUT2D eigenvalue weighted by Crippen LogP contribution is -2.24. The number of carbonyl (C=O) groups is 1. The van der Waals surface area contributed by atoms with Crippen molar-refractivity contribution in [2.24, 2.45) is 0 Å². The molecule has 7 nitrogen and oxygen atoms in total. The molecule has 0 N–H and O–H groups in total. The summed E-state index contributed by atoms with van der Waals surface area (Å²) in [5, 5.41) is 4.08. The number of rotatable bonds is 6. The van der Waals surface area contributed by atoms with Gasteiger partial charge in [0, 0.05) is 35.1 Å². The second kappa shape index (κ2) is 8.24. The normalized spacial score (nSPS) is 16.3. The highest BCUT2D eigenvalue weighted by Crippen LogP contribution is 2.32. The average Bonchev–Trinajstić information content (AvgIpc) is 3.36. The number of carbonyl (C=O) groups excluding carboxylic acids is 1. The van der Waals surface area contributed by atoms with Gasteiger partial charge < -0.3 is 18.9 Å². The van der Waals surface area contributed by atoms with Crippen LogP contribution in [0, 0.1) is 0 Å². The minimum absolute atomic E-state index is 0.0447. The number of ether oxygens (including phenoxy) is 2. The third-order valence-corrected chi connectivity index (χ3v) is 5.49. The molecule has 1 unspecified atom stereocenters. The molecule has 0 aliphatic carbocycles. The number of methoxy groups -OCH3 is 2. The Hall–Kier alpha value is -2.87. The molecular weight excluding hydrogens is 438 g/mol. The zero-order valence-corrected chi connectivity index (χ0v) is 17.7. The van der Waals surface area contributed by atoms with Crippen LogP contribution in [-0.4, -0.2) is 41.7 Å². The van der Waals surface area contributed by atoms with Crippen LogP contribution < -0.4 is 9.47 Å². The van der Waals surface area contributed by atoms with E-state index in [1.165, 1.54) is 0 Å². The minimum Gasteiger partial charge on any atom is -0.497 e. The summed E-state index contributed by atoms with van der Waals surface area (Å²) in [5.74, 6) is 2.36. The largest absolute Gasteiger partial charge is 0.497 e. The maximum atomic E-state index is 12.6. The van der Waals surface area contributed by atoms with Gasteiger partial charge in [0.2, 0.25) is 17.6 Å². The monoisotopic (exact) mass is 457 g/mol. The predicted octanol–water partition coefficient (Wildman–Crippen LogP) is 4.03. The van der Waals surface area contributed by atoms with Crippen molar-refractivity contribution < 1.29 is 18.8 Å². The first kappa shape index (κ1) is 19.4. The van der Waals surface area contributed by atoms with Gasteiger partial charge >= 0.3 is 0 Å². The minimum atomic E-state index is -0.129. The van der Waals surface area contributed by atoms with Gasteiger partial charge in [-0.3, -0.25) is 4.79 Å². The summed E-state index contributed by atoms with van der Waals surface area (Å²) in [6, 6.07) is 13.2. The van der Waals surface area contributed by atoms with E-state index in [-0.39, 0.29) is 11.8 Å². The summed E-state index contributed by atoms with van der Waals surface area (Å²) in [4.78, 5) is 18.9. The van der Waals surface area contributed by atoms with Crippen LogP contribution in [-0.2, 0) is 11.3 Å². The average molecular weight is 458 g/mol. The van der Waals surface area contributed by atoms with E-state index >= 15 is 0 Å². The molecule has 1 aliphatic rings. The van der Waals surface area contributed by atoms with E-state index in [1.807, 2.05) is 42.5 Å². The number of nitrogens with zero attached hydrogens (tertiary/aromatic N) is 3. The molecule has 0 spiro atoms. The smallest absolute Gasteiger partial charge is 0.232 e. The van der Waals surface area contributed by atoms with Crippen molar-refractivity contribution in [3.63, 3.8) is 0 Å². The Bertz CT molecular complexity index is 1020. The SMILES string of the molecule is COc1ccc(OC)c(CN2CC(c3nc(-c4ccc(Br)cc4)no3)CC2=O)c1. The lowest BCUT2D eigenvalue weighted by molar-refractivity contribution is -0.128. The van der Waals surface area contributed by atoms with Gasteiger partial charge in [-0.05, 0) is 42.5 Å². The molecule has 0 bridgehead atoms. The number of amides is 1. The molecule has 1 saturated heterocycles. The number of likely N-dealkylation sites (tertiary alicyclic amines) is 1. The van der Waals surface area contributed by atoms with Gasteiger partial charge in [-0.25, -0.2) is 0 Å². The fourth-order valence-electron chi connectivity index (χ4n) is 3.42. The van der Waals surface area contributed by atoms with E-state index in [9.17, 15) is 4.79 Å². The molecular formula is C21H20BrN3O4. The van der Waals surface area contributed by atoms with Gasteiger partial charge in [0.25, 0.3) is 0 Å². The Kier molecular flexibility index (Phi) is 5.53. The summed E-state index contributed by atoms with van der Waals surface area (Å²) in [6.45, 7) is 0.949. The van der Waals surface area contributed by atoms with Crippen molar-refractivity contribution in [1.82, 2.24) is 15.0 Å². The highest BCUT2D eigenvalue weighted by Gasteiger charge is 2.34. The van der Waals surface area contributed by atoms with Crippen LogP contribution in [0.15, 0.2) is 51.5 Å². The lowest BCUT2D eigenvalue weighted by atomic mass is 10.1. The predicted molar refractivity (Wildman–Crippen MR) is 110 cm³/mol. The Morgan fingerprint density at radius 2 is 1.97 bits per heavy atom. The summed E-state index contributed by atoms with van der Waals surface area (Å²) in [6.07, 6.45) is 0.342. The number of hydrogen-bond donors (Lipinski definition) is 0. The van der Waals surface area contributed by atoms with Crippen LogP contribution in [0.4, 0.5) is 0 Å². The quantitative estimate of drug-likeness (QED) is 0.555. The molecule has 1 atom stereocenters. The lowest BCUT2D eigenvalue weighted by Gasteiger charge is -2.18. The van der Waals surface area contributed by atoms with Crippen LogP contribution in [0.3, 0.4) is 0 Å². The van der Waals surface area contributed by atoms with Gasteiger partial charge in [-0.15, -0.1) is 0 Å². The Balaban J connectivity index is 1.49. The topological polar surface area (TPSA) is 77.7 Å². The van der Waals surface area contributed by atoms with Crippen molar-refractivity contribution in [2.75, 3.05) is 20.8 Å². The second-order valence-electron chi connectivity index (χ2n) is 6.82. The highest BCUT2D eigenvalue weighted by molar-refractivity contribution is 9.10. The summed E-state index contributed by atoms with van der Waals surface area (Å²) in [5.41, 5.74) is 1.76. The van der Waals surface area contributed by atoms with E-state index in [0.29, 0.717) is 31.2 Å². The second-order valence-corrected chi connectivity index (χ2v) is 7.73. The maximum absolute atomic E-state index is 12.6. The summed E-state index contributed by atoms with van der Waals surface area (Å²) < 4.78 is 17.2. The van der Waals surface area contributed by atoms with Crippen LogP contribution >= 0.6 is 15.9 Å². The summed E-state index contributed by atoms with van der Waals surface area (Å²) in [7, 11) is 3.23. The van der Waals surface area contributed by atoms with Crippen LogP contribution in [0.5, 0.6) is 11.5 Å². The molecule has 4 rings (SSSR count). The van der Waals surface area contributed by atoms with Gasteiger partial charge in [0.15, 0.2) is 0 Å². The van der Waals surface area contributed by atoms with E-state index < -0.39 is 0 Å². The van der Waals surface area contributed by atoms with E-state index in [2.05, 4.69) is 26.1 Å². The fraction of sp³-hybridized carbons (Fsp3) is 0.286. The molecule has 2 heterocycles. The molecule has 1 amide bonds. The van der Waals surface area contributed by atoms with Crippen molar-refractivity contribution in [3.05, 3.63) is 58.4 Å². The van der Waals surface area contributed by atoms with Crippen molar-refractivity contribution >= 4 is 21.8 Å². The molecule has 1 aromatic heterocycles. The van der Waals surface area contributed by atoms with Crippen LogP contribution in [0.2, 0.25) is 0 Å². The number of aromatic nitrogens is 2. The molecule has 3 aromatic rings. The van der Waals surface area contributed by atoms with Crippen LogP contribution in [0.25, 0.3) is 11.4 Å². The Labute approximate surface area is 176 Å². The van der Waals surface area contributed by atoms with Crippen molar-refractivity contribution in [2.45, 2.75) is 18.9 Å². The molecule has 0 saturated carbocycles. The van der Waals surface area contributed by atoms with Crippen molar-refractivity contribution in [3.8, 4) is 22.9 Å². The molecule has 8 heteroatoms. The first-order valence-electron chi connectivity index (χ1n) is 9.15. The van der Waals surface area contributed by atoms with Gasteiger partial charge in [0.1, 0.15) is 11.5 Å². The molecule has 29 heavy (non-hydrogen) atoms. The summed E-state index contributed by atoms with van der Waals surface area (Å²) >= 11 is 3.41. The van der Waals surface area contributed by atoms with E-state index in [4.69, 9.17) is 14.0 Å². The third-order valence-electron chi connectivity index (χ3n) is 4.96. The number of benzene rings is 2. The Morgan fingerprint density at radius 1 is 1.17 bits per heavy atom. The number of hydrogen-bond acceptors (Lipinski definition) is 6. The molecule has 150 valence electrons. The molecule has 1 aliphatic heterocycles. The first-order valence-corrected chi connectivity index (χ1v) is 9.95. The highest BCUT2D eigenvalue weighted by atomic mass is 79.9. The third kappa shape index (κ3) is 4.12. The standard InChI is InChI=1S/C21H20BrN3O4/c1-27-17-7-8-18(28-2)14(9-17)11-25-12-15(10-19(25)26)21-23-20(24-29-21)13-3-5-16(22)6-4-13/h3-9,15H,10-12H2,1-2H3. The van der Waals surface area contributed by atoms with E-state index in [1.54, 1.807) is 19.1 Å². The first-order chi connectivity index (χ1) is 14.1. The molecule has 2 aromatic carbocycles. The molecule has 0 radical (unpaired) electrons. The maximum Gasteiger partial charge on any atom is 0.232 e. The van der Waals surface area contributed by atoms with Gasteiger partial charge in [-0.1, -0.05) is 21.1 Å². The van der Waals surface area contributed by atoms with Crippen molar-refractivity contribution in [1.29, 1.82) is 0 Å². The Morgan fingerprint density at radius 3 is 2.69 bits per heavy atom. The van der Waals surface area contributed by atoms with E-state index in [0.717, 1.165) is 27.1 Å². The fourth-order valence-corrected chi connectivity index (χ4v) is 3.68. The van der Waals surface area contributed by atoms with Gasteiger partial charge in [0.05, 0.1) is 20.1 Å². The zero-order valence-electron chi connectivity index (χ0n) is 16.1.